The number of nitrogens with one attached hydrogen (secondary N) is 1. The molecule has 0 aliphatic heterocycles. The maximum Gasteiger partial charge on any atom is 0.338 e. The van der Waals surface area contributed by atoms with Gasteiger partial charge in [0.1, 0.15) is 6.33 Å². The van der Waals surface area contributed by atoms with E-state index in [1.807, 2.05) is 18.2 Å². The van der Waals surface area contributed by atoms with Crippen LogP contribution in [0.25, 0.3) is 22.0 Å². The number of anilines is 2. The van der Waals surface area contributed by atoms with Gasteiger partial charge in [-0.2, -0.15) is 0 Å². The Labute approximate surface area is 178 Å². The van der Waals surface area contributed by atoms with E-state index in [2.05, 4.69) is 20.3 Å². The summed E-state index contributed by atoms with van der Waals surface area (Å²) < 4.78 is 5.06. The number of pyridine rings is 1. The maximum absolute atomic E-state index is 12.1. The molecule has 0 unspecified atom stereocenters. The van der Waals surface area contributed by atoms with E-state index in [-0.39, 0.29) is 12.2 Å². The van der Waals surface area contributed by atoms with Gasteiger partial charge in [-0.1, -0.05) is 18.2 Å². The summed E-state index contributed by atoms with van der Waals surface area (Å²) in [7, 11) is 0. The molecule has 0 saturated heterocycles. The average Bonchev–Trinajstić information content (AvgIpc) is 2.79. The molecule has 31 heavy (non-hydrogen) atoms. The van der Waals surface area contributed by atoms with Gasteiger partial charge in [0.15, 0.2) is 0 Å². The number of carbonyl (C=O) groups is 2. The van der Waals surface area contributed by atoms with Crippen LogP contribution in [0.15, 0.2) is 67.4 Å². The minimum atomic E-state index is -0.612. The second-order valence-electron chi connectivity index (χ2n) is 6.70. The van der Waals surface area contributed by atoms with Gasteiger partial charge in [-0.25, -0.2) is 14.8 Å². The molecule has 0 spiro atoms. The Balaban J connectivity index is 1.78. The predicted molar refractivity (Wildman–Crippen MR) is 117 cm³/mol. The average molecular weight is 413 g/mol. The van der Waals surface area contributed by atoms with Crippen LogP contribution in [0.1, 0.15) is 27.6 Å². The lowest BCUT2D eigenvalue weighted by atomic mass is 10.0. The van der Waals surface area contributed by atoms with Crippen LogP contribution < -0.4 is 11.1 Å². The van der Waals surface area contributed by atoms with Gasteiger partial charge < -0.3 is 15.8 Å². The van der Waals surface area contributed by atoms with Crippen molar-refractivity contribution in [1.82, 2.24) is 15.0 Å². The van der Waals surface area contributed by atoms with E-state index < -0.39 is 11.9 Å². The highest BCUT2D eigenvalue weighted by Crippen LogP contribution is 2.32. The number of nitrogens with two attached hydrogens (primary N) is 1. The van der Waals surface area contributed by atoms with E-state index in [1.54, 1.807) is 43.6 Å². The number of aromatic nitrogens is 3. The standard InChI is InChI=1S/C23H19N5O3/c1-2-31-23(30)15-4-3-5-17(8-15)28-21-18-7-6-14(16-10-25-13-26-11-16)9-20(18)27-12-19(21)22(24)29/h3-13H,2H2,1H3,(H2,24,29)(H,27,28). The van der Waals surface area contributed by atoms with Gasteiger partial charge in [0.25, 0.3) is 5.91 Å². The molecule has 0 fully saturated rings. The summed E-state index contributed by atoms with van der Waals surface area (Å²) >= 11 is 0. The second kappa shape index (κ2) is 8.58. The van der Waals surface area contributed by atoms with Crippen molar-refractivity contribution in [1.29, 1.82) is 0 Å². The lowest BCUT2D eigenvalue weighted by Gasteiger charge is -2.14. The molecule has 4 rings (SSSR count). The molecule has 1 amide bonds. The maximum atomic E-state index is 12.1. The molecule has 0 aliphatic carbocycles. The van der Waals surface area contributed by atoms with Gasteiger partial charge in [0.05, 0.1) is 28.9 Å². The SMILES string of the molecule is CCOC(=O)c1cccc(Nc2c(C(N)=O)cnc3cc(-c4cncnc4)ccc23)c1. The number of primary amides is 1. The van der Waals surface area contributed by atoms with Crippen molar-refractivity contribution >= 4 is 34.2 Å². The molecule has 0 aliphatic rings. The van der Waals surface area contributed by atoms with Crippen LogP contribution in [-0.4, -0.2) is 33.4 Å². The van der Waals surface area contributed by atoms with Crippen molar-refractivity contribution in [3.8, 4) is 11.1 Å². The number of hydrogen-bond acceptors (Lipinski definition) is 7. The number of esters is 1. The Kier molecular flexibility index (Phi) is 5.53. The van der Waals surface area contributed by atoms with E-state index >= 15 is 0 Å². The first kappa shape index (κ1) is 20.0. The highest BCUT2D eigenvalue weighted by atomic mass is 16.5. The number of ether oxygens (including phenoxy) is 1. The van der Waals surface area contributed by atoms with E-state index in [9.17, 15) is 9.59 Å². The van der Waals surface area contributed by atoms with Crippen molar-refractivity contribution in [3.05, 3.63) is 78.5 Å². The van der Waals surface area contributed by atoms with Gasteiger partial charge in [-0.3, -0.25) is 9.78 Å². The second-order valence-corrected chi connectivity index (χ2v) is 6.70. The number of nitrogens with zero attached hydrogens (tertiary/aromatic N) is 3. The predicted octanol–water partition coefficient (Wildman–Crippen LogP) is 3.71. The summed E-state index contributed by atoms with van der Waals surface area (Å²) in [4.78, 5) is 36.6. The van der Waals surface area contributed by atoms with Gasteiger partial charge in [-0.15, -0.1) is 0 Å². The molecular weight excluding hydrogens is 394 g/mol. The van der Waals surface area contributed by atoms with E-state index in [0.717, 1.165) is 11.1 Å². The first-order valence-corrected chi connectivity index (χ1v) is 9.59. The normalized spacial score (nSPS) is 10.6. The number of benzene rings is 2. The summed E-state index contributed by atoms with van der Waals surface area (Å²) in [5.41, 5.74) is 9.75. The zero-order valence-corrected chi connectivity index (χ0v) is 16.7. The number of hydrogen-bond donors (Lipinski definition) is 2. The van der Waals surface area contributed by atoms with Crippen molar-refractivity contribution in [2.24, 2.45) is 5.73 Å². The van der Waals surface area contributed by atoms with Gasteiger partial charge in [0.2, 0.25) is 0 Å². The third-order valence-electron chi connectivity index (χ3n) is 4.67. The molecule has 2 heterocycles. The topological polar surface area (TPSA) is 120 Å². The molecular formula is C23H19N5O3. The molecule has 0 atom stereocenters. The fourth-order valence-electron chi connectivity index (χ4n) is 3.23. The quantitative estimate of drug-likeness (QED) is 0.462. The van der Waals surface area contributed by atoms with Crippen LogP contribution in [0.3, 0.4) is 0 Å². The summed E-state index contributed by atoms with van der Waals surface area (Å²) in [6, 6.07) is 12.5. The Bertz CT molecular complexity index is 1270. The van der Waals surface area contributed by atoms with Crippen LogP contribution in [0.2, 0.25) is 0 Å². The van der Waals surface area contributed by atoms with Crippen LogP contribution >= 0.6 is 0 Å². The fourth-order valence-corrected chi connectivity index (χ4v) is 3.23. The molecule has 2 aromatic heterocycles. The van der Waals surface area contributed by atoms with E-state index in [0.29, 0.717) is 27.8 Å². The molecule has 2 aromatic carbocycles. The van der Waals surface area contributed by atoms with Crippen molar-refractivity contribution in [2.45, 2.75) is 6.92 Å². The molecule has 0 bridgehead atoms. The third kappa shape index (κ3) is 4.18. The van der Waals surface area contributed by atoms with Crippen LogP contribution in [0.5, 0.6) is 0 Å². The largest absolute Gasteiger partial charge is 0.462 e. The number of fused-ring (bicyclic) bond motifs is 1. The Morgan fingerprint density at radius 1 is 1.03 bits per heavy atom. The molecule has 8 nitrogen and oxygen atoms in total. The van der Waals surface area contributed by atoms with Crippen molar-refractivity contribution < 1.29 is 14.3 Å². The first-order chi connectivity index (χ1) is 15.1. The summed E-state index contributed by atoms with van der Waals surface area (Å²) in [6.45, 7) is 2.03. The third-order valence-corrected chi connectivity index (χ3v) is 4.67. The van der Waals surface area contributed by atoms with Crippen molar-refractivity contribution in [3.63, 3.8) is 0 Å². The molecule has 3 N–H and O–H groups in total. The fraction of sp³-hybridized carbons (Fsp3) is 0.0870. The summed E-state index contributed by atoms with van der Waals surface area (Å²) in [5.74, 6) is -1.03. The highest BCUT2D eigenvalue weighted by Gasteiger charge is 2.15. The summed E-state index contributed by atoms with van der Waals surface area (Å²) in [5, 5.41) is 3.93. The monoisotopic (exact) mass is 413 g/mol. The molecule has 0 radical (unpaired) electrons. The zero-order chi connectivity index (χ0) is 21.8. The smallest absolute Gasteiger partial charge is 0.338 e. The Hall–Kier alpha value is -4.33. The van der Waals surface area contributed by atoms with Crippen LogP contribution in [-0.2, 0) is 4.74 Å². The Morgan fingerprint density at radius 3 is 2.58 bits per heavy atom. The number of amides is 1. The summed E-state index contributed by atoms with van der Waals surface area (Å²) in [6.07, 6.45) is 6.33. The minimum Gasteiger partial charge on any atom is -0.462 e. The van der Waals surface area contributed by atoms with Crippen LogP contribution in [0, 0.1) is 0 Å². The number of rotatable bonds is 6. The van der Waals surface area contributed by atoms with E-state index in [4.69, 9.17) is 10.5 Å². The van der Waals surface area contributed by atoms with Crippen molar-refractivity contribution in [2.75, 3.05) is 11.9 Å². The van der Waals surface area contributed by atoms with E-state index in [1.165, 1.54) is 12.5 Å². The van der Waals surface area contributed by atoms with Gasteiger partial charge in [-0.05, 0) is 36.8 Å². The first-order valence-electron chi connectivity index (χ1n) is 9.59. The highest BCUT2D eigenvalue weighted by molar-refractivity contribution is 6.08. The minimum absolute atomic E-state index is 0.241. The molecule has 8 heteroatoms. The molecule has 4 aromatic rings. The van der Waals surface area contributed by atoms with Crippen LogP contribution in [0.4, 0.5) is 11.4 Å². The molecule has 154 valence electrons. The Morgan fingerprint density at radius 2 is 1.84 bits per heavy atom. The lowest BCUT2D eigenvalue weighted by Crippen LogP contribution is -2.14. The van der Waals surface area contributed by atoms with Gasteiger partial charge >= 0.3 is 5.97 Å². The lowest BCUT2D eigenvalue weighted by molar-refractivity contribution is 0.0526. The van der Waals surface area contributed by atoms with Gasteiger partial charge in [0, 0.05) is 35.2 Å². The number of carbonyl (C=O) groups excluding carboxylic acids is 2. The molecule has 0 saturated carbocycles. The zero-order valence-electron chi connectivity index (χ0n) is 16.7.